The monoisotopic (exact) mass is 325 g/mol. The van der Waals surface area contributed by atoms with Gasteiger partial charge >= 0.3 is 5.97 Å². The lowest BCUT2D eigenvalue weighted by molar-refractivity contribution is 0.0514. The van der Waals surface area contributed by atoms with Gasteiger partial charge in [0.25, 0.3) is 0 Å². The number of benzene rings is 2. The number of nitrogens with two attached hydrogens (primary N) is 1. The third kappa shape index (κ3) is 3.27. The number of aromatic nitrogens is 2. The van der Waals surface area contributed by atoms with Gasteiger partial charge in [-0.3, -0.25) is 0 Å². The van der Waals surface area contributed by atoms with Crippen LogP contribution >= 0.6 is 11.8 Å². The molecule has 1 aromatic heterocycles. The molecule has 0 atom stereocenters. The van der Waals surface area contributed by atoms with Crippen LogP contribution in [0.1, 0.15) is 17.4 Å². The van der Waals surface area contributed by atoms with Gasteiger partial charge in [-0.2, -0.15) is 0 Å². The van der Waals surface area contributed by atoms with Crippen molar-refractivity contribution in [2.75, 3.05) is 12.3 Å². The second-order valence-electron chi connectivity index (χ2n) is 4.73. The Morgan fingerprint density at radius 3 is 2.43 bits per heavy atom. The molecule has 0 aliphatic heterocycles. The van der Waals surface area contributed by atoms with Gasteiger partial charge in [0.2, 0.25) is 0 Å². The number of para-hydroxylation sites is 3. The largest absolute Gasteiger partial charge is 0.461 e. The summed E-state index contributed by atoms with van der Waals surface area (Å²) in [6, 6.07) is 14.8. The second-order valence-corrected chi connectivity index (χ2v) is 5.76. The number of hydrogen-bond donors (Lipinski definition) is 1. The first-order valence-electron chi connectivity index (χ1n) is 7.15. The molecule has 2 N–H and O–H groups in total. The van der Waals surface area contributed by atoms with E-state index in [1.54, 1.807) is 13.0 Å². The molecule has 3 rings (SSSR count). The van der Waals surface area contributed by atoms with Crippen LogP contribution in [0.3, 0.4) is 0 Å². The summed E-state index contributed by atoms with van der Waals surface area (Å²) >= 11 is 1.31. The fourth-order valence-electron chi connectivity index (χ4n) is 2.07. The van der Waals surface area contributed by atoms with Gasteiger partial charge in [0.05, 0.1) is 17.6 Å². The lowest BCUT2D eigenvalue weighted by atomic mass is 10.3. The fraction of sp³-hybridized carbons (Fsp3) is 0.118. The predicted molar refractivity (Wildman–Crippen MR) is 90.5 cm³/mol. The molecular weight excluding hydrogens is 310 g/mol. The topological polar surface area (TPSA) is 78.1 Å². The first-order valence-corrected chi connectivity index (χ1v) is 7.97. The summed E-state index contributed by atoms with van der Waals surface area (Å²) in [5.41, 5.74) is 8.19. The first-order chi connectivity index (χ1) is 11.2. The van der Waals surface area contributed by atoms with Crippen molar-refractivity contribution in [3.63, 3.8) is 0 Å². The van der Waals surface area contributed by atoms with Crippen LogP contribution in [0.4, 0.5) is 5.69 Å². The van der Waals surface area contributed by atoms with Crippen molar-refractivity contribution < 1.29 is 9.53 Å². The maximum Gasteiger partial charge on any atom is 0.359 e. The number of esters is 1. The molecule has 0 aliphatic rings. The summed E-state index contributed by atoms with van der Waals surface area (Å²) in [5, 5.41) is 0.486. The minimum atomic E-state index is -0.484. The maximum atomic E-state index is 12.2. The van der Waals surface area contributed by atoms with Crippen molar-refractivity contribution in [2.45, 2.75) is 16.8 Å². The normalized spacial score (nSPS) is 10.7. The van der Waals surface area contributed by atoms with Gasteiger partial charge in [0.15, 0.2) is 5.69 Å². The van der Waals surface area contributed by atoms with Crippen molar-refractivity contribution in [2.24, 2.45) is 0 Å². The average Bonchev–Trinajstić information content (AvgIpc) is 2.56. The highest BCUT2D eigenvalue weighted by Gasteiger charge is 2.19. The molecule has 0 aliphatic carbocycles. The van der Waals surface area contributed by atoms with E-state index in [-0.39, 0.29) is 12.3 Å². The van der Waals surface area contributed by atoms with Crippen molar-refractivity contribution in [1.29, 1.82) is 0 Å². The summed E-state index contributed by atoms with van der Waals surface area (Å²) in [7, 11) is 0. The molecule has 6 heteroatoms. The van der Waals surface area contributed by atoms with Gasteiger partial charge in [0, 0.05) is 10.6 Å². The van der Waals surface area contributed by atoms with Gasteiger partial charge in [-0.05, 0) is 31.2 Å². The molecule has 0 amide bonds. The van der Waals surface area contributed by atoms with E-state index >= 15 is 0 Å². The quantitative estimate of drug-likeness (QED) is 0.584. The molecular formula is C17H15N3O2S. The number of anilines is 1. The summed E-state index contributed by atoms with van der Waals surface area (Å²) < 4.78 is 5.10. The molecule has 5 nitrogen and oxygen atoms in total. The van der Waals surface area contributed by atoms with Crippen molar-refractivity contribution in [3.05, 3.63) is 54.2 Å². The number of nitrogen functional groups attached to an aromatic ring is 1. The standard InChI is InChI=1S/C17H15N3O2S/c1-2-22-17(21)15-16(23-14-10-6-3-7-11(14)18)20-13-9-5-4-8-12(13)19-15/h3-10H,2,18H2,1H3. The van der Waals surface area contributed by atoms with Crippen molar-refractivity contribution >= 4 is 34.5 Å². The fourth-order valence-corrected chi connectivity index (χ4v) is 2.98. The molecule has 2 aromatic carbocycles. The number of ether oxygens (including phenoxy) is 1. The van der Waals surface area contributed by atoms with Crippen molar-refractivity contribution in [1.82, 2.24) is 9.97 Å². The highest BCUT2D eigenvalue weighted by Crippen LogP contribution is 2.33. The Hall–Kier alpha value is -2.60. The van der Waals surface area contributed by atoms with E-state index in [0.717, 1.165) is 10.4 Å². The highest BCUT2D eigenvalue weighted by molar-refractivity contribution is 7.99. The molecule has 0 fully saturated rings. The molecule has 0 bridgehead atoms. The minimum Gasteiger partial charge on any atom is -0.461 e. The van der Waals surface area contributed by atoms with Crippen LogP contribution in [0.5, 0.6) is 0 Å². The predicted octanol–water partition coefficient (Wildman–Crippen LogP) is 3.54. The molecule has 3 aromatic rings. The lowest BCUT2D eigenvalue weighted by Gasteiger charge is -2.10. The summed E-state index contributed by atoms with van der Waals surface area (Å²) in [5.74, 6) is -0.484. The molecule has 0 unspecified atom stereocenters. The number of fused-ring (bicyclic) bond motifs is 1. The van der Waals surface area contributed by atoms with Gasteiger partial charge in [0.1, 0.15) is 5.03 Å². The Balaban J connectivity index is 2.11. The number of hydrogen-bond acceptors (Lipinski definition) is 6. The molecule has 116 valence electrons. The molecule has 1 heterocycles. The number of carbonyl (C=O) groups is 1. The molecule has 0 radical (unpaired) electrons. The zero-order chi connectivity index (χ0) is 16.2. The number of carbonyl (C=O) groups excluding carboxylic acids is 1. The Morgan fingerprint density at radius 2 is 1.74 bits per heavy atom. The third-order valence-electron chi connectivity index (χ3n) is 3.13. The van der Waals surface area contributed by atoms with Gasteiger partial charge in [-0.25, -0.2) is 14.8 Å². The van der Waals surface area contributed by atoms with Crippen LogP contribution in [0.25, 0.3) is 11.0 Å². The van der Waals surface area contributed by atoms with Crippen molar-refractivity contribution in [3.8, 4) is 0 Å². The number of nitrogens with zero attached hydrogens (tertiary/aromatic N) is 2. The Bertz CT molecular complexity index is 867. The third-order valence-corrected chi connectivity index (χ3v) is 4.20. The summed E-state index contributed by atoms with van der Waals surface area (Å²) in [6.07, 6.45) is 0. The van der Waals surface area contributed by atoms with E-state index in [0.29, 0.717) is 16.2 Å². The summed E-state index contributed by atoms with van der Waals surface area (Å²) in [6.45, 7) is 2.04. The van der Waals surface area contributed by atoms with E-state index in [2.05, 4.69) is 9.97 Å². The average molecular weight is 325 g/mol. The van der Waals surface area contributed by atoms with Crippen LogP contribution < -0.4 is 5.73 Å². The van der Waals surface area contributed by atoms with Gasteiger partial charge in [-0.15, -0.1) is 0 Å². The maximum absolute atomic E-state index is 12.2. The Labute approximate surface area is 137 Å². The van der Waals surface area contributed by atoms with Crippen LogP contribution in [-0.4, -0.2) is 22.5 Å². The van der Waals surface area contributed by atoms with Gasteiger partial charge in [-0.1, -0.05) is 36.0 Å². The zero-order valence-corrected chi connectivity index (χ0v) is 13.3. The van der Waals surface area contributed by atoms with E-state index in [1.165, 1.54) is 11.8 Å². The molecule has 0 saturated carbocycles. The second kappa shape index (κ2) is 6.66. The van der Waals surface area contributed by atoms with Crippen LogP contribution in [0.2, 0.25) is 0 Å². The summed E-state index contributed by atoms with van der Waals surface area (Å²) in [4.78, 5) is 22.0. The highest BCUT2D eigenvalue weighted by atomic mass is 32.2. The first kappa shape index (κ1) is 15.3. The van der Waals surface area contributed by atoms with E-state index in [1.807, 2.05) is 42.5 Å². The van der Waals surface area contributed by atoms with E-state index in [4.69, 9.17) is 10.5 Å². The van der Waals surface area contributed by atoms with Crippen LogP contribution in [0.15, 0.2) is 58.5 Å². The van der Waals surface area contributed by atoms with Gasteiger partial charge < -0.3 is 10.5 Å². The molecule has 23 heavy (non-hydrogen) atoms. The molecule has 0 saturated heterocycles. The Morgan fingerprint density at radius 1 is 1.09 bits per heavy atom. The Kier molecular flexibility index (Phi) is 4.43. The van der Waals surface area contributed by atoms with Crippen LogP contribution in [-0.2, 0) is 4.74 Å². The van der Waals surface area contributed by atoms with E-state index in [9.17, 15) is 4.79 Å². The number of rotatable bonds is 4. The van der Waals surface area contributed by atoms with Crippen LogP contribution in [0, 0.1) is 0 Å². The SMILES string of the molecule is CCOC(=O)c1nc2ccccc2nc1Sc1ccccc1N. The lowest BCUT2D eigenvalue weighted by Crippen LogP contribution is -2.10. The molecule has 0 spiro atoms. The zero-order valence-electron chi connectivity index (χ0n) is 12.5. The minimum absolute atomic E-state index is 0.207. The smallest absolute Gasteiger partial charge is 0.359 e. The van der Waals surface area contributed by atoms with E-state index < -0.39 is 5.97 Å².